The number of nitrogens with one attached hydrogen (secondary N) is 1. The summed E-state index contributed by atoms with van der Waals surface area (Å²) >= 11 is 3.46. The van der Waals surface area contributed by atoms with Crippen molar-refractivity contribution in [3.63, 3.8) is 0 Å². The van der Waals surface area contributed by atoms with Gasteiger partial charge in [0.25, 0.3) is 0 Å². The number of nitriles is 1. The fraction of sp³-hybridized carbons (Fsp3) is 0.533. The average molecular weight is 307 g/mol. The topological polar surface area (TPSA) is 35.8 Å². The summed E-state index contributed by atoms with van der Waals surface area (Å²) in [6, 6.07) is 8.01. The van der Waals surface area contributed by atoms with E-state index in [1.165, 1.54) is 32.1 Å². The van der Waals surface area contributed by atoms with Crippen LogP contribution in [0.5, 0.6) is 0 Å². The van der Waals surface area contributed by atoms with E-state index in [-0.39, 0.29) is 0 Å². The Morgan fingerprint density at radius 3 is 2.72 bits per heavy atom. The number of nitrogens with zero attached hydrogens (tertiary/aromatic N) is 1. The van der Waals surface area contributed by atoms with Gasteiger partial charge < -0.3 is 5.32 Å². The van der Waals surface area contributed by atoms with Gasteiger partial charge in [-0.1, -0.05) is 35.7 Å². The van der Waals surface area contributed by atoms with Crippen molar-refractivity contribution in [1.29, 1.82) is 5.26 Å². The van der Waals surface area contributed by atoms with Gasteiger partial charge in [-0.15, -0.1) is 0 Å². The van der Waals surface area contributed by atoms with Crippen LogP contribution in [0.25, 0.3) is 0 Å². The first-order valence-electron chi connectivity index (χ1n) is 6.63. The van der Waals surface area contributed by atoms with Crippen molar-refractivity contribution < 1.29 is 0 Å². The van der Waals surface area contributed by atoms with Crippen molar-refractivity contribution in [2.75, 3.05) is 11.9 Å². The van der Waals surface area contributed by atoms with Crippen LogP contribution in [0.15, 0.2) is 22.7 Å². The lowest BCUT2D eigenvalue weighted by Crippen LogP contribution is -2.26. The maximum atomic E-state index is 9.12. The standard InChI is InChI=1S/C15H19BrN2/c1-2-15(7-3-4-8-15)11-18-14-9-13(16)6-5-12(14)10-17/h5-6,9,18H,2-4,7-8,11H2,1H3. The molecule has 1 aliphatic carbocycles. The maximum Gasteiger partial charge on any atom is 0.101 e. The minimum absolute atomic E-state index is 0.440. The number of hydrogen-bond acceptors (Lipinski definition) is 2. The number of halogens is 1. The minimum Gasteiger partial charge on any atom is -0.383 e. The van der Waals surface area contributed by atoms with Crippen molar-refractivity contribution in [3.8, 4) is 6.07 Å². The van der Waals surface area contributed by atoms with Gasteiger partial charge in [0, 0.05) is 11.0 Å². The van der Waals surface area contributed by atoms with Gasteiger partial charge in [0.05, 0.1) is 11.3 Å². The van der Waals surface area contributed by atoms with Crippen molar-refractivity contribution >= 4 is 21.6 Å². The molecule has 0 atom stereocenters. The molecule has 3 heteroatoms. The summed E-state index contributed by atoms with van der Waals surface area (Å²) in [5.41, 5.74) is 2.11. The molecule has 0 spiro atoms. The molecule has 0 amide bonds. The zero-order valence-electron chi connectivity index (χ0n) is 10.8. The summed E-state index contributed by atoms with van der Waals surface area (Å²) < 4.78 is 1.01. The van der Waals surface area contributed by atoms with Crippen LogP contribution >= 0.6 is 15.9 Å². The first-order valence-corrected chi connectivity index (χ1v) is 7.42. The first-order chi connectivity index (χ1) is 8.69. The smallest absolute Gasteiger partial charge is 0.101 e. The molecule has 0 bridgehead atoms. The lowest BCUT2D eigenvalue weighted by atomic mass is 9.83. The molecule has 1 aromatic rings. The predicted octanol–water partition coefficient (Wildman–Crippen LogP) is 4.70. The highest BCUT2D eigenvalue weighted by atomic mass is 79.9. The van der Waals surface area contributed by atoms with E-state index in [1.54, 1.807) is 0 Å². The number of benzene rings is 1. The molecule has 0 heterocycles. The summed E-state index contributed by atoms with van der Waals surface area (Å²) in [6.45, 7) is 3.26. The fourth-order valence-electron chi connectivity index (χ4n) is 2.82. The summed E-state index contributed by atoms with van der Waals surface area (Å²) in [5, 5.41) is 12.6. The molecule has 2 rings (SSSR count). The van der Waals surface area contributed by atoms with E-state index < -0.39 is 0 Å². The van der Waals surface area contributed by atoms with Crippen molar-refractivity contribution in [2.45, 2.75) is 39.0 Å². The van der Waals surface area contributed by atoms with E-state index in [1.807, 2.05) is 18.2 Å². The lowest BCUT2D eigenvalue weighted by molar-refractivity contribution is 0.307. The Labute approximate surface area is 118 Å². The van der Waals surface area contributed by atoms with Gasteiger partial charge >= 0.3 is 0 Å². The van der Waals surface area contributed by atoms with E-state index in [4.69, 9.17) is 5.26 Å². The number of hydrogen-bond donors (Lipinski definition) is 1. The normalized spacial score (nSPS) is 17.4. The molecule has 1 N–H and O–H groups in total. The van der Waals surface area contributed by atoms with E-state index >= 15 is 0 Å². The molecular formula is C15H19BrN2. The Morgan fingerprint density at radius 1 is 1.39 bits per heavy atom. The molecule has 1 saturated carbocycles. The van der Waals surface area contributed by atoms with Crippen LogP contribution < -0.4 is 5.32 Å². The van der Waals surface area contributed by atoms with Crippen LogP contribution in [-0.4, -0.2) is 6.54 Å². The quantitative estimate of drug-likeness (QED) is 0.875. The Morgan fingerprint density at radius 2 is 2.11 bits per heavy atom. The third-order valence-corrected chi connectivity index (χ3v) is 4.66. The molecular weight excluding hydrogens is 288 g/mol. The molecule has 0 unspecified atom stereocenters. The Kier molecular flexibility index (Phi) is 4.29. The molecule has 0 aliphatic heterocycles. The van der Waals surface area contributed by atoms with Crippen LogP contribution in [0.1, 0.15) is 44.6 Å². The van der Waals surface area contributed by atoms with E-state index in [0.29, 0.717) is 5.41 Å². The summed E-state index contributed by atoms with van der Waals surface area (Å²) in [4.78, 5) is 0. The van der Waals surface area contributed by atoms with Crippen LogP contribution in [-0.2, 0) is 0 Å². The highest BCUT2D eigenvalue weighted by molar-refractivity contribution is 9.10. The highest BCUT2D eigenvalue weighted by Crippen LogP contribution is 2.41. The van der Waals surface area contributed by atoms with Crippen LogP contribution in [0.3, 0.4) is 0 Å². The van der Waals surface area contributed by atoms with Gasteiger partial charge in [-0.2, -0.15) is 5.26 Å². The molecule has 96 valence electrons. The van der Waals surface area contributed by atoms with Crippen LogP contribution in [0.2, 0.25) is 0 Å². The van der Waals surface area contributed by atoms with E-state index in [9.17, 15) is 0 Å². The Balaban J connectivity index is 2.10. The maximum absolute atomic E-state index is 9.12. The highest BCUT2D eigenvalue weighted by Gasteiger charge is 2.31. The summed E-state index contributed by atoms with van der Waals surface area (Å²) in [7, 11) is 0. The van der Waals surface area contributed by atoms with Crippen molar-refractivity contribution in [3.05, 3.63) is 28.2 Å². The Hall–Kier alpha value is -1.01. The lowest BCUT2D eigenvalue weighted by Gasteiger charge is -2.28. The zero-order valence-corrected chi connectivity index (χ0v) is 12.4. The summed E-state index contributed by atoms with van der Waals surface area (Å²) in [6.07, 6.45) is 6.53. The second-order valence-electron chi connectivity index (χ2n) is 5.22. The minimum atomic E-state index is 0.440. The predicted molar refractivity (Wildman–Crippen MR) is 78.5 cm³/mol. The van der Waals surface area contributed by atoms with Gasteiger partial charge in [-0.3, -0.25) is 0 Å². The van der Waals surface area contributed by atoms with Crippen LogP contribution in [0, 0.1) is 16.7 Å². The van der Waals surface area contributed by atoms with Gasteiger partial charge in [-0.05, 0) is 42.9 Å². The zero-order chi connectivity index (χ0) is 13.0. The molecule has 1 fully saturated rings. The van der Waals surface area contributed by atoms with Gasteiger partial charge in [0.15, 0.2) is 0 Å². The summed E-state index contributed by atoms with van der Waals surface area (Å²) in [5.74, 6) is 0. The molecule has 2 nitrogen and oxygen atoms in total. The van der Waals surface area contributed by atoms with Gasteiger partial charge in [0.1, 0.15) is 6.07 Å². The van der Waals surface area contributed by atoms with E-state index in [0.717, 1.165) is 22.3 Å². The fourth-order valence-corrected chi connectivity index (χ4v) is 3.18. The SMILES string of the molecule is CCC1(CNc2cc(Br)ccc2C#N)CCCC1. The molecule has 1 aliphatic rings. The number of anilines is 1. The molecule has 1 aromatic carbocycles. The number of rotatable bonds is 4. The third-order valence-electron chi connectivity index (χ3n) is 4.17. The largest absolute Gasteiger partial charge is 0.383 e. The molecule has 0 saturated heterocycles. The third kappa shape index (κ3) is 2.87. The molecule has 0 aromatic heterocycles. The second-order valence-corrected chi connectivity index (χ2v) is 6.13. The van der Waals surface area contributed by atoms with E-state index in [2.05, 4.69) is 34.2 Å². The molecule has 0 radical (unpaired) electrons. The average Bonchev–Trinajstić information content (AvgIpc) is 2.86. The van der Waals surface area contributed by atoms with Gasteiger partial charge in [-0.25, -0.2) is 0 Å². The van der Waals surface area contributed by atoms with Gasteiger partial charge in [0.2, 0.25) is 0 Å². The second kappa shape index (κ2) is 5.75. The monoisotopic (exact) mass is 306 g/mol. The van der Waals surface area contributed by atoms with Crippen LogP contribution in [0.4, 0.5) is 5.69 Å². The Bertz CT molecular complexity index is 456. The molecule has 18 heavy (non-hydrogen) atoms. The van der Waals surface area contributed by atoms with Crippen molar-refractivity contribution in [1.82, 2.24) is 0 Å². The first kappa shape index (κ1) is 13.4. The van der Waals surface area contributed by atoms with Crippen molar-refractivity contribution in [2.24, 2.45) is 5.41 Å².